The summed E-state index contributed by atoms with van der Waals surface area (Å²) in [5.74, 6) is -0.416. The minimum Gasteiger partial charge on any atom is -0.338 e. The molecule has 0 bridgehead atoms. The molecule has 1 fully saturated rings. The summed E-state index contributed by atoms with van der Waals surface area (Å²) in [5.41, 5.74) is -1.11. The Kier molecular flexibility index (Phi) is 5.31. The molecular formula is C19H14ClF4N3O2S. The van der Waals surface area contributed by atoms with E-state index in [2.05, 4.69) is 4.98 Å². The number of rotatable bonds is 3. The minimum atomic E-state index is -4.65. The molecule has 30 heavy (non-hydrogen) atoms. The van der Waals surface area contributed by atoms with Crippen molar-refractivity contribution in [3.8, 4) is 11.1 Å². The second kappa shape index (κ2) is 7.66. The normalized spacial score (nSPS) is 17.1. The van der Waals surface area contributed by atoms with Crippen molar-refractivity contribution in [3.63, 3.8) is 0 Å². The lowest BCUT2D eigenvalue weighted by Gasteiger charge is -2.16. The van der Waals surface area contributed by atoms with Crippen LogP contribution in [0.4, 0.5) is 17.6 Å². The second-order valence-electron chi connectivity index (χ2n) is 6.93. The molecule has 1 saturated heterocycles. The van der Waals surface area contributed by atoms with Crippen molar-refractivity contribution < 1.29 is 22.4 Å². The number of alkyl halides is 4. The Morgan fingerprint density at radius 3 is 2.77 bits per heavy atom. The van der Waals surface area contributed by atoms with Crippen molar-refractivity contribution in [2.75, 3.05) is 13.1 Å². The molecule has 3 aromatic rings. The predicted molar refractivity (Wildman–Crippen MR) is 105 cm³/mol. The molecule has 0 radical (unpaired) electrons. The van der Waals surface area contributed by atoms with Gasteiger partial charge in [0.1, 0.15) is 17.5 Å². The van der Waals surface area contributed by atoms with Crippen LogP contribution in [0, 0.1) is 0 Å². The summed E-state index contributed by atoms with van der Waals surface area (Å²) in [4.78, 5) is 31.2. The summed E-state index contributed by atoms with van der Waals surface area (Å²) in [6, 6.07) is 3.41. The van der Waals surface area contributed by atoms with E-state index in [-0.39, 0.29) is 42.6 Å². The lowest BCUT2D eigenvalue weighted by atomic mass is 10.0. The molecule has 1 aromatic carbocycles. The molecule has 5 nitrogen and oxygen atoms in total. The zero-order valence-corrected chi connectivity index (χ0v) is 16.8. The molecule has 1 atom stereocenters. The Morgan fingerprint density at radius 1 is 1.33 bits per heavy atom. The molecule has 158 valence electrons. The number of hydrogen-bond acceptors (Lipinski definition) is 4. The van der Waals surface area contributed by atoms with E-state index in [1.165, 1.54) is 17.3 Å². The van der Waals surface area contributed by atoms with E-state index in [1.54, 1.807) is 5.38 Å². The number of hydrogen-bond donors (Lipinski definition) is 0. The molecule has 3 heterocycles. The average Bonchev–Trinajstić information content (AvgIpc) is 3.30. The van der Waals surface area contributed by atoms with Gasteiger partial charge in [0.25, 0.3) is 5.56 Å². The van der Waals surface area contributed by atoms with E-state index in [4.69, 9.17) is 11.6 Å². The van der Waals surface area contributed by atoms with Crippen LogP contribution in [0.1, 0.15) is 12.0 Å². The van der Waals surface area contributed by atoms with Crippen LogP contribution >= 0.6 is 22.9 Å². The van der Waals surface area contributed by atoms with Crippen molar-refractivity contribution in [1.82, 2.24) is 14.5 Å². The third-order valence-corrected chi connectivity index (χ3v) is 6.15. The van der Waals surface area contributed by atoms with E-state index >= 15 is 0 Å². The van der Waals surface area contributed by atoms with Crippen LogP contribution in [-0.2, 0) is 17.5 Å². The standard InChI is InChI=1S/C19H14ClF4N3O2S/c20-14-2-1-10(5-13(14)19(22,23)24)12-8-30-17-16(12)18(29)27(9-25-17)7-15(28)26-4-3-11(21)6-26/h1-2,5,8-9,11H,3-4,6-7H2/t11-/m0/s1. The summed E-state index contributed by atoms with van der Waals surface area (Å²) in [6.45, 7) is -0.0602. The highest BCUT2D eigenvalue weighted by Gasteiger charge is 2.33. The van der Waals surface area contributed by atoms with Crippen molar-refractivity contribution in [3.05, 3.63) is 50.8 Å². The van der Waals surface area contributed by atoms with Crippen LogP contribution in [0.25, 0.3) is 21.3 Å². The summed E-state index contributed by atoms with van der Waals surface area (Å²) >= 11 is 6.79. The van der Waals surface area contributed by atoms with Gasteiger partial charge in [0.15, 0.2) is 0 Å². The molecule has 4 rings (SSSR count). The quantitative estimate of drug-likeness (QED) is 0.547. The smallest absolute Gasteiger partial charge is 0.338 e. The molecule has 1 aliphatic rings. The molecule has 0 aliphatic carbocycles. The molecule has 0 unspecified atom stereocenters. The van der Waals surface area contributed by atoms with Gasteiger partial charge in [-0.05, 0) is 24.1 Å². The number of nitrogens with zero attached hydrogens (tertiary/aromatic N) is 3. The molecule has 0 spiro atoms. The number of aromatic nitrogens is 2. The number of benzene rings is 1. The fraction of sp³-hybridized carbons (Fsp3) is 0.316. The van der Waals surface area contributed by atoms with Crippen molar-refractivity contribution >= 4 is 39.1 Å². The second-order valence-corrected chi connectivity index (χ2v) is 8.19. The van der Waals surface area contributed by atoms with Gasteiger partial charge in [0, 0.05) is 17.5 Å². The molecule has 11 heteroatoms. The molecular weight excluding hydrogens is 446 g/mol. The van der Waals surface area contributed by atoms with E-state index in [9.17, 15) is 27.2 Å². The highest BCUT2D eigenvalue weighted by atomic mass is 35.5. The monoisotopic (exact) mass is 459 g/mol. The number of likely N-dealkylation sites (tertiary alicyclic amines) is 1. The van der Waals surface area contributed by atoms with E-state index in [0.29, 0.717) is 4.83 Å². The fourth-order valence-corrected chi connectivity index (χ4v) is 4.52. The first-order valence-electron chi connectivity index (χ1n) is 8.90. The number of halogens is 5. The van der Waals surface area contributed by atoms with Gasteiger partial charge in [-0.2, -0.15) is 13.2 Å². The highest BCUT2D eigenvalue weighted by Crippen LogP contribution is 2.39. The molecule has 1 amide bonds. The Hall–Kier alpha value is -2.46. The Morgan fingerprint density at radius 2 is 2.10 bits per heavy atom. The zero-order valence-electron chi connectivity index (χ0n) is 15.2. The maximum atomic E-state index is 13.3. The minimum absolute atomic E-state index is 0.0159. The zero-order chi connectivity index (χ0) is 21.6. The van der Waals surface area contributed by atoms with Crippen LogP contribution in [0.3, 0.4) is 0 Å². The van der Waals surface area contributed by atoms with E-state index < -0.39 is 34.4 Å². The lowest BCUT2D eigenvalue weighted by molar-refractivity contribution is -0.137. The van der Waals surface area contributed by atoms with E-state index in [0.717, 1.165) is 28.0 Å². The maximum absolute atomic E-state index is 13.3. The van der Waals surface area contributed by atoms with Crippen molar-refractivity contribution in [2.24, 2.45) is 0 Å². The summed E-state index contributed by atoms with van der Waals surface area (Å²) in [7, 11) is 0. The van der Waals surface area contributed by atoms with Crippen LogP contribution in [0.5, 0.6) is 0 Å². The fourth-order valence-electron chi connectivity index (χ4n) is 3.39. The summed E-state index contributed by atoms with van der Waals surface area (Å²) in [5, 5.41) is 1.22. The van der Waals surface area contributed by atoms with Gasteiger partial charge < -0.3 is 4.90 Å². The lowest BCUT2D eigenvalue weighted by Crippen LogP contribution is -2.35. The van der Waals surface area contributed by atoms with Crippen LogP contribution in [0.15, 0.2) is 34.7 Å². The van der Waals surface area contributed by atoms with Crippen molar-refractivity contribution in [2.45, 2.75) is 25.3 Å². The molecule has 0 N–H and O–H groups in total. The van der Waals surface area contributed by atoms with Crippen LogP contribution in [0.2, 0.25) is 5.02 Å². The Labute approximate surface area is 176 Å². The number of thiophene rings is 1. The SMILES string of the molecule is O=C(Cn1cnc2scc(-c3ccc(Cl)c(C(F)(F)F)c3)c2c1=O)N1CC[C@H](F)C1. The Bertz CT molecular complexity index is 1190. The van der Waals surface area contributed by atoms with Gasteiger partial charge in [0.2, 0.25) is 5.91 Å². The van der Waals surface area contributed by atoms with Crippen LogP contribution < -0.4 is 5.56 Å². The highest BCUT2D eigenvalue weighted by molar-refractivity contribution is 7.17. The van der Waals surface area contributed by atoms with Gasteiger partial charge in [0.05, 0.1) is 28.8 Å². The molecule has 2 aromatic heterocycles. The number of carbonyl (C=O) groups excluding carboxylic acids is 1. The number of carbonyl (C=O) groups is 1. The van der Waals surface area contributed by atoms with Gasteiger partial charge in [-0.15, -0.1) is 11.3 Å². The van der Waals surface area contributed by atoms with Gasteiger partial charge in [-0.25, -0.2) is 9.37 Å². The average molecular weight is 460 g/mol. The first-order chi connectivity index (χ1) is 14.1. The van der Waals surface area contributed by atoms with Gasteiger partial charge in [-0.3, -0.25) is 14.2 Å². The first kappa shape index (κ1) is 20.8. The third-order valence-electron chi connectivity index (χ3n) is 4.93. The first-order valence-corrected chi connectivity index (χ1v) is 10.2. The Balaban J connectivity index is 1.74. The van der Waals surface area contributed by atoms with E-state index in [1.807, 2.05) is 0 Å². The summed E-state index contributed by atoms with van der Waals surface area (Å²) in [6.07, 6.45) is -4.25. The topological polar surface area (TPSA) is 55.2 Å². The largest absolute Gasteiger partial charge is 0.417 e. The van der Waals surface area contributed by atoms with Gasteiger partial charge >= 0.3 is 6.18 Å². The maximum Gasteiger partial charge on any atom is 0.417 e. The van der Waals surface area contributed by atoms with Crippen molar-refractivity contribution in [1.29, 1.82) is 0 Å². The predicted octanol–water partition coefficient (Wildman–Crippen LogP) is 4.37. The molecule has 0 saturated carbocycles. The number of amides is 1. The third kappa shape index (κ3) is 3.81. The molecule has 1 aliphatic heterocycles. The van der Waals surface area contributed by atoms with Gasteiger partial charge in [-0.1, -0.05) is 17.7 Å². The summed E-state index contributed by atoms with van der Waals surface area (Å²) < 4.78 is 54.1. The number of fused-ring (bicyclic) bond motifs is 1. The van der Waals surface area contributed by atoms with Crippen LogP contribution in [-0.4, -0.2) is 39.6 Å².